The quantitative estimate of drug-likeness (QED) is 0.394. The van der Waals surface area contributed by atoms with Crippen molar-refractivity contribution in [2.45, 2.75) is 24.4 Å². The molecule has 5 rings (SSSR count). The second-order valence-corrected chi connectivity index (χ2v) is 11.0. The molecule has 9 heteroatoms. The lowest BCUT2D eigenvalue weighted by Crippen LogP contribution is -2.35. The van der Waals surface area contributed by atoms with Gasteiger partial charge in [0.1, 0.15) is 5.82 Å². The maximum absolute atomic E-state index is 13.6. The Kier molecular flexibility index (Phi) is 6.11. The Morgan fingerprint density at radius 3 is 2.57 bits per heavy atom. The van der Waals surface area contributed by atoms with Crippen molar-refractivity contribution in [3.8, 4) is 12.3 Å². The Morgan fingerprint density at radius 2 is 1.83 bits per heavy atom. The van der Waals surface area contributed by atoms with Crippen LogP contribution in [0.15, 0.2) is 76.6 Å². The number of aromatic nitrogens is 1. The van der Waals surface area contributed by atoms with E-state index >= 15 is 0 Å². The topological polar surface area (TPSA) is 71.7 Å². The minimum absolute atomic E-state index is 0.119. The number of nitrogens with zero attached hydrogens (tertiary/aromatic N) is 3. The van der Waals surface area contributed by atoms with Crippen molar-refractivity contribution in [3.05, 3.63) is 94.0 Å². The van der Waals surface area contributed by atoms with Crippen molar-refractivity contribution in [2.75, 3.05) is 6.54 Å². The summed E-state index contributed by atoms with van der Waals surface area (Å²) in [7, 11) is -3.71. The number of halogens is 1. The van der Waals surface area contributed by atoms with Crippen LogP contribution in [-0.2, 0) is 29.5 Å². The third-order valence-corrected chi connectivity index (χ3v) is 8.83. The van der Waals surface area contributed by atoms with Gasteiger partial charge in [-0.25, -0.2) is 12.8 Å². The lowest BCUT2D eigenvalue weighted by molar-refractivity contribution is 0.0998. The largest absolute Gasteiger partial charge is 0.305 e. The van der Waals surface area contributed by atoms with Crippen LogP contribution in [0.2, 0.25) is 0 Å². The molecule has 3 aromatic carbocycles. The van der Waals surface area contributed by atoms with E-state index in [1.54, 1.807) is 10.6 Å². The number of hydrogen-bond acceptors (Lipinski definition) is 4. The van der Waals surface area contributed by atoms with Gasteiger partial charge >= 0.3 is 0 Å². The van der Waals surface area contributed by atoms with Crippen LogP contribution < -0.4 is 4.80 Å². The predicted molar refractivity (Wildman–Crippen MR) is 133 cm³/mol. The van der Waals surface area contributed by atoms with Crippen LogP contribution in [0.25, 0.3) is 10.2 Å². The van der Waals surface area contributed by atoms with Crippen LogP contribution in [0.5, 0.6) is 0 Å². The first-order valence-electron chi connectivity index (χ1n) is 10.9. The van der Waals surface area contributed by atoms with Crippen molar-refractivity contribution in [1.82, 2.24) is 8.87 Å². The minimum atomic E-state index is -3.71. The molecule has 6 nitrogen and oxygen atoms in total. The third kappa shape index (κ3) is 4.44. The van der Waals surface area contributed by atoms with Crippen LogP contribution in [0.4, 0.5) is 4.39 Å². The Hall–Kier alpha value is -3.58. The average molecular weight is 506 g/mol. The molecule has 35 heavy (non-hydrogen) atoms. The first-order valence-corrected chi connectivity index (χ1v) is 13.1. The molecule has 0 radical (unpaired) electrons. The van der Waals surface area contributed by atoms with Crippen LogP contribution in [0.1, 0.15) is 21.5 Å². The minimum Gasteiger partial charge on any atom is -0.305 e. The summed E-state index contributed by atoms with van der Waals surface area (Å²) in [6.07, 6.45) is 6.12. The van der Waals surface area contributed by atoms with E-state index < -0.39 is 21.7 Å². The molecule has 1 aliphatic rings. The maximum atomic E-state index is 13.6. The smallest absolute Gasteiger partial charge is 0.279 e. The zero-order chi connectivity index (χ0) is 24.6. The van der Waals surface area contributed by atoms with Gasteiger partial charge in [0.15, 0.2) is 4.80 Å². The van der Waals surface area contributed by atoms with Gasteiger partial charge < -0.3 is 4.57 Å². The number of amides is 1. The second-order valence-electron chi connectivity index (χ2n) is 8.09. The molecule has 0 N–H and O–H groups in total. The Morgan fingerprint density at radius 1 is 1.09 bits per heavy atom. The van der Waals surface area contributed by atoms with Gasteiger partial charge in [0.05, 0.1) is 21.7 Å². The molecule has 1 aliphatic heterocycles. The van der Waals surface area contributed by atoms with E-state index in [0.717, 1.165) is 22.5 Å². The Balaban J connectivity index is 1.42. The molecule has 1 amide bonds. The molecule has 0 saturated carbocycles. The number of benzene rings is 3. The van der Waals surface area contributed by atoms with Crippen LogP contribution in [0, 0.1) is 18.2 Å². The standard InChI is InChI=1S/C26H20FN3O3S2/c1-2-14-30-23-12-9-21(27)16-24(23)34-26(30)28-25(31)19-7-10-22(11-8-19)35(32,33)29-15-13-18-5-3-4-6-20(18)17-29/h1,3-12,16H,13-15,17H2. The summed E-state index contributed by atoms with van der Waals surface area (Å²) in [6, 6.07) is 17.9. The summed E-state index contributed by atoms with van der Waals surface area (Å²) in [4.78, 5) is 17.5. The van der Waals surface area contributed by atoms with Crippen molar-refractivity contribution in [2.24, 2.45) is 4.99 Å². The molecule has 0 fully saturated rings. The summed E-state index contributed by atoms with van der Waals surface area (Å²) in [5, 5.41) is 0. The highest BCUT2D eigenvalue weighted by molar-refractivity contribution is 7.89. The lowest BCUT2D eigenvalue weighted by atomic mass is 10.0. The fraction of sp³-hybridized carbons (Fsp3) is 0.154. The highest BCUT2D eigenvalue weighted by Gasteiger charge is 2.28. The zero-order valence-electron chi connectivity index (χ0n) is 18.5. The third-order valence-electron chi connectivity index (χ3n) is 5.93. The molecule has 0 aliphatic carbocycles. The molecule has 0 bridgehead atoms. The first kappa shape index (κ1) is 23.2. The fourth-order valence-electron chi connectivity index (χ4n) is 4.12. The summed E-state index contributed by atoms with van der Waals surface area (Å²) in [5.41, 5.74) is 3.08. The van der Waals surface area contributed by atoms with Gasteiger partial charge in [-0.15, -0.1) is 6.42 Å². The summed E-state index contributed by atoms with van der Waals surface area (Å²) < 4.78 is 43.7. The molecule has 1 aromatic heterocycles. The van der Waals surface area contributed by atoms with Crippen molar-refractivity contribution < 1.29 is 17.6 Å². The Labute approximate surface area is 206 Å². The first-order chi connectivity index (χ1) is 16.9. The van der Waals surface area contributed by atoms with Gasteiger partial charge in [-0.1, -0.05) is 41.5 Å². The van der Waals surface area contributed by atoms with Crippen molar-refractivity contribution in [3.63, 3.8) is 0 Å². The number of carbonyl (C=O) groups is 1. The molecule has 0 saturated heterocycles. The Bertz CT molecular complexity index is 1660. The number of terminal acetylenes is 1. The van der Waals surface area contributed by atoms with E-state index in [1.807, 2.05) is 24.3 Å². The monoisotopic (exact) mass is 505 g/mol. The summed E-state index contributed by atoms with van der Waals surface area (Å²) in [5.74, 6) is 1.59. The molecule has 2 heterocycles. The van der Waals surface area contributed by atoms with E-state index in [1.165, 1.54) is 40.7 Å². The highest BCUT2D eigenvalue weighted by atomic mass is 32.2. The normalized spacial score (nSPS) is 14.6. The molecule has 176 valence electrons. The molecular formula is C26H20FN3O3S2. The van der Waals surface area contributed by atoms with Gasteiger partial charge in [-0.3, -0.25) is 4.79 Å². The van der Waals surface area contributed by atoms with Crippen molar-refractivity contribution in [1.29, 1.82) is 0 Å². The van der Waals surface area contributed by atoms with Crippen molar-refractivity contribution >= 4 is 37.5 Å². The fourth-order valence-corrected chi connectivity index (χ4v) is 6.59. The van der Waals surface area contributed by atoms with Gasteiger partial charge in [-0.2, -0.15) is 9.30 Å². The van der Waals surface area contributed by atoms with Crippen LogP contribution in [0.3, 0.4) is 0 Å². The predicted octanol–water partition coefficient (Wildman–Crippen LogP) is 3.96. The van der Waals surface area contributed by atoms with Gasteiger partial charge in [-0.05, 0) is 60.0 Å². The van der Waals surface area contributed by atoms with Gasteiger partial charge in [0.25, 0.3) is 5.91 Å². The molecular weight excluding hydrogens is 485 g/mol. The SMILES string of the molecule is C#CCn1c(=NC(=O)c2ccc(S(=O)(=O)N3CCc4ccccc4C3)cc2)sc2cc(F)ccc21. The second kappa shape index (κ2) is 9.23. The zero-order valence-corrected chi connectivity index (χ0v) is 20.2. The summed E-state index contributed by atoms with van der Waals surface area (Å²) >= 11 is 1.16. The van der Waals surface area contributed by atoms with Crippen LogP contribution in [-0.4, -0.2) is 29.7 Å². The molecule has 0 unspecified atom stereocenters. The maximum Gasteiger partial charge on any atom is 0.279 e. The number of fused-ring (bicyclic) bond motifs is 2. The van der Waals surface area contributed by atoms with E-state index in [0.29, 0.717) is 34.5 Å². The lowest BCUT2D eigenvalue weighted by Gasteiger charge is -2.28. The molecule has 0 spiro atoms. The van der Waals surface area contributed by atoms with E-state index in [9.17, 15) is 17.6 Å². The van der Waals surface area contributed by atoms with Gasteiger partial charge in [0, 0.05) is 18.7 Å². The van der Waals surface area contributed by atoms with E-state index in [-0.39, 0.29) is 17.0 Å². The molecule has 4 aromatic rings. The number of carbonyl (C=O) groups excluding carboxylic acids is 1. The van der Waals surface area contributed by atoms with E-state index in [2.05, 4.69) is 10.9 Å². The number of sulfonamides is 1. The van der Waals surface area contributed by atoms with Crippen LogP contribution >= 0.6 is 11.3 Å². The van der Waals surface area contributed by atoms with Gasteiger partial charge in [0.2, 0.25) is 10.0 Å². The van der Waals surface area contributed by atoms with E-state index in [4.69, 9.17) is 6.42 Å². The number of thiazole rings is 1. The highest BCUT2D eigenvalue weighted by Crippen LogP contribution is 2.25. The number of hydrogen-bond donors (Lipinski definition) is 0. The molecule has 0 atom stereocenters. The summed E-state index contributed by atoms with van der Waals surface area (Å²) in [6.45, 7) is 0.890. The average Bonchev–Trinajstić information content (AvgIpc) is 3.19. The number of rotatable bonds is 4.